The summed E-state index contributed by atoms with van der Waals surface area (Å²) >= 11 is 12.2. The van der Waals surface area contributed by atoms with Crippen LogP contribution in [0.3, 0.4) is 0 Å². The minimum atomic E-state index is 0.454. The van der Waals surface area contributed by atoms with Gasteiger partial charge in [0.05, 0.1) is 5.02 Å². The van der Waals surface area contributed by atoms with Gasteiger partial charge in [0, 0.05) is 14.5 Å². The molecule has 0 aliphatic carbocycles. The Balaban J connectivity index is 3.40. The van der Waals surface area contributed by atoms with E-state index < -0.39 is 0 Å². The number of carbonyl (C=O) groups excluding carboxylic acids is 1. The highest BCUT2D eigenvalue weighted by atomic mass is 79.9. The van der Waals surface area contributed by atoms with Crippen LogP contribution in [0.4, 0.5) is 0 Å². The lowest BCUT2D eigenvalue weighted by Crippen LogP contribution is -1.84. The topological polar surface area (TPSA) is 17.1 Å². The van der Waals surface area contributed by atoms with Gasteiger partial charge >= 0.3 is 0 Å². The van der Waals surface area contributed by atoms with Crippen molar-refractivity contribution in [1.29, 1.82) is 0 Å². The van der Waals surface area contributed by atoms with Crippen molar-refractivity contribution in [2.75, 3.05) is 0 Å². The van der Waals surface area contributed by atoms with Crippen LogP contribution in [-0.2, 0) is 0 Å². The van der Waals surface area contributed by atoms with Crippen LogP contribution in [0.25, 0.3) is 0 Å². The summed E-state index contributed by atoms with van der Waals surface area (Å²) in [6.07, 6.45) is 0.719. The molecule has 0 fully saturated rings. The lowest BCUT2D eigenvalue weighted by atomic mass is 10.2. The zero-order valence-corrected chi connectivity index (χ0v) is 9.20. The van der Waals surface area contributed by atoms with Crippen LogP contribution in [0.2, 0.25) is 5.02 Å². The van der Waals surface area contributed by atoms with Crippen molar-refractivity contribution in [3.05, 3.63) is 31.7 Å². The number of hydrogen-bond donors (Lipinski definition) is 0. The Bertz CT molecular complexity index is 299. The molecule has 0 amide bonds. The molecule has 1 aromatic carbocycles. The van der Waals surface area contributed by atoms with Crippen LogP contribution in [0.1, 0.15) is 10.4 Å². The molecule has 1 nitrogen and oxygen atoms in total. The summed E-state index contributed by atoms with van der Waals surface area (Å²) in [7, 11) is 0. The Hall–Kier alpha value is 0.140. The minimum Gasteiger partial charge on any atom is -0.298 e. The highest BCUT2D eigenvalue weighted by molar-refractivity contribution is 9.13. The van der Waals surface area contributed by atoms with Gasteiger partial charge in [0.25, 0.3) is 0 Å². The van der Waals surface area contributed by atoms with Crippen molar-refractivity contribution >= 4 is 49.7 Å². The first-order chi connectivity index (χ1) is 5.16. The Morgan fingerprint density at radius 1 is 1.36 bits per heavy atom. The van der Waals surface area contributed by atoms with E-state index in [0.29, 0.717) is 15.1 Å². The van der Waals surface area contributed by atoms with Gasteiger partial charge in [0.15, 0.2) is 6.29 Å². The molecule has 4 heteroatoms. The summed E-state index contributed by atoms with van der Waals surface area (Å²) in [5.74, 6) is 0. The summed E-state index contributed by atoms with van der Waals surface area (Å²) in [6, 6.07) is 3.44. The molecule has 0 aromatic heterocycles. The van der Waals surface area contributed by atoms with Gasteiger partial charge in [-0.1, -0.05) is 11.6 Å². The maximum atomic E-state index is 10.5. The first-order valence-corrected chi connectivity index (χ1v) is 4.72. The average Bonchev–Trinajstić information content (AvgIpc) is 1.99. The molecule has 0 saturated carbocycles. The second-order valence-electron chi connectivity index (χ2n) is 1.87. The second-order valence-corrected chi connectivity index (χ2v) is 3.93. The predicted octanol–water partition coefficient (Wildman–Crippen LogP) is 3.68. The third-order valence-corrected chi connectivity index (χ3v) is 3.57. The monoisotopic (exact) mass is 296 g/mol. The number of carbonyl (C=O) groups is 1. The Morgan fingerprint density at radius 3 is 2.45 bits per heavy atom. The molecule has 0 aliphatic rings. The van der Waals surface area contributed by atoms with E-state index >= 15 is 0 Å². The average molecular weight is 298 g/mol. The number of halogens is 3. The molecule has 58 valence electrons. The molecule has 0 atom stereocenters. The van der Waals surface area contributed by atoms with Gasteiger partial charge in [-0.15, -0.1) is 0 Å². The highest BCUT2D eigenvalue weighted by Crippen LogP contribution is 2.30. The molecule has 0 N–H and O–H groups in total. The standard InChI is InChI=1S/C7H3Br2ClO/c8-5-1-2-6(10)4(3-11)7(5)9/h1-3H. The van der Waals surface area contributed by atoms with Gasteiger partial charge in [-0.2, -0.15) is 0 Å². The second kappa shape index (κ2) is 3.70. The lowest BCUT2D eigenvalue weighted by molar-refractivity contribution is 0.112. The van der Waals surface area contributed by atoms with Crippen molar-refractivity contribution in [2.45, 2.75) is 0 Å². The van der Waals surface area contributed by atoms with Gasteiger partial charge in [-0.05, 0) is 44.0 Å². The Labute approximate surface area is 86.0 Å². The van der Waals surface area contributed by atoms with Crippen LogP contribution in [-0.4, -0.2) is 6.29 Å². The molecule has 1 aromatic rings. The third kappa shape index (κ3) is 1.83. The molecule has 0 heterocycles. The zero-order chi connectivity index (χ0) is 8.43. The van der Waals surface area contributed by atoms with E-state index in [1.807, 2.05) is 0 Å². The van der Waals surface area contributed by atoms with Crippen LogP contribution < -0.4 is 0 Å². The maximum Gasteiger partial charge on any atom is 0.152 e. The van der Waals surface area contributed by atoms with Gasteiger partial charge in [0.2, 0.25) is 0 Å². The van der Waals surface area contributed by atoms with E-state index in [9.17, 15) is 4.79 Å². The number of rotatable bonds is 1. The van der Waals surface area contributed by atoms with Crippen LogP contribution in [0.5, 0.6) is 0 Å². The largest absolute Gasteiger partial charge is 0.298 e. The van der Waals surface area contributed by atoms with Crippen molar-refractivity contribution in [3.8, 4) is 0 Å². The van der Waals surface area contributed by atoms with E-state index in [0.717, 1.165) is 10.8 Å². The molecule has 0 spiro atoms. The van der Waals surface area contributed by atoms with Gasteiger partial charge in [-0.25, -0.2) is 0 Å². The summed E-state index contributed by atoms with van der Waals surface area (Å²) in [4.78, 5) is 10.5. The van der Waals surface area contributed by atoms with Gasteiger partial charge in [-0.3, -0.25) is 4.79 Å². The molecule has 0 aliphatic heterocycles. The molecule has 1 rings (SSSR count). The van der Waals surface area contributed by atoms with Crippen molar-refractivity contribution in [1.82, 2.24) is 0 Å². The van der Waals surface area contributed by atoms with Crippen molar-refractivity contribution in [3.63, 3.8) is 0 Å². The molecular formula is C7H3Br2ClO. The fraction of sp³-hybridized carbons (Fsp3) is 0. The molecule has 0 radical (unpaired) electrons. The molecular weight excluding hydrogens is 295 g/mol. The highest BCUT2D eigenvalue weighted by Gasteiger charge is 2.06. The summed E-state index contributed by atoms with van der Waals surface area (Å²) in [5, 5.41) is 0.454. The van der Waals surface area contributed by atoms with E-state index in [4.69, 9.17) is 11.6 Å². The minimum absolute atomic E-state index is 0.454. The van der Waals surface area contributed by atoms with E-state index in [2.05, 4.69) is 31.9 Å². The Kier molecular flexibility index (Phi) is 3.10. The summed E-state index contributed by atoms with van der Waals surface area (Å²) in [5.41, 5.74) is 0.473. The van der Waals surface area contributed by atoms with Crippen LogP contribution in [0.15, 0.2) is 21.1 Å². The summed E-state index contributed by atoms with van der Waals surface area (Å²) < 4.78 is 1.52. The zero-order valence-electron chi connectivity index (χ0n) is 5.27. The lowest BCUT2D eigenvalue weighted by Gasteiger charge is -2.00. The Morgan fingerprint density at radius 2 is 2.00 bits per heavy atom. The number of benzene rings is 1. The molecule has 0 saturated heterocycles. The van der Waals surface area contributed by atoms with E-state index in [1.54, 1.807) is 12.1 Å². The fourth-order valence-electron chi connectivity index (χ4n) is 0.651. The molecule has 0 unspecified atom stereocenters. The number of aldehydes is 1. The van der Waals surface area contributed by atoms with E-state index in [1.165, 1.54) is 0 Å². The first-order valence-electron chi connectivity index (χ1n) is 2.75. The quantitative estimate of drug-likeness (QED) is 0.571. The predicted molar refractivity (Wildman–Crippen MR) is 52.2 cm³/mol. The fourth-order valence-corrected chi connectivity index (χ4v) is 1.75. The maximum absolute atomic E-state index is 10.5. The van der Waals surface area contributed by atoms with Crippen LogP contribution >= 0.6 is 43.5 Å². The SMILES string of the molecule is O=Cc1c(Cl)ccc(Br)c1Br. The van der Waals surface area contributed by atoms with Gasteiger partial charge < -0.3 is 0 Å². The summed E-state index contributed by atoms with van der Waals surface area (Å²) in [6.45, 7) is 0. The molecule has 0 bridgehead atoms. The third-order valence-electron chi connectivity index (χ3n) is 1.20. The smallest absolute Gasteiger partial charge is 0.152 e. The molecule has 11 heavy (non-hydrogen) atoms. The van der Waals surface area contributed by atoms with Crippen molar-refractivity contribution in [2.24, 2.45) is 0 Å². The first kappa shape index (κ1) is 9.23. The van der Waals surface area contributed by atoms with E-state index in [-0.39, 0.29) is 0 Å². The van der Waals surface area contributed by atoms with Crippen molar-refractivity contribution < 1.29 is 4.79 Å². The normalized spacial score (nSPS) is 9.73. The van der Waals surface area contributed by atoms with Gasteiger partial charge in [0.1, 0.15) is 0 Å². The van der Waals surface area contributed by atoms with Crippen LogP contribution in [0, 0.1) is 0 Å². The number of hydrogen-bond acceptors (Lipinski definition) is 1.